The molecular weight excluding hydrogens is 525 g/mol. The minimum Gasteiger partial charge on any atom is -0.480 e. The highest BCUT2D eigenvalue weighted by molar-refractivity contribution is 6.31. The van der Waals surface area contributed by atoms with Crippen LogP contribution >= 0.6 is 23.2 Å². The number of amides is 1. The molecule has 0 saturated carbocycles. The number of aliphatic carboxylic acids is 1. The van der Waals surface area contributed by atoms with Gasteiger partial charge in [-0.1, -0.05) is 62.2 Å². The van der Waals surface area contributed by atoms with Crippen LogP contribution in [0.1, 0.15) is 50.7 Å². The van der Waals surface area contributed by atoms with Gasteiger partial charge >= 0.3 is 5.97 Å². The summed E-state index contributed by atoms with van der Waals surface area (Å²) in [7, 11) is 0. The normalized spacial score (nSPS) is 25.0. The Morgan fingerprint density at radius 1 is 1.24 bits per heavy atom. The van der Waals surface area contributed by atoms with Gasteiger partial charge in [0.05, 0.1) is 23.7 Å². The summed E-state index contributed by atoms with van der Waals surface area (Å²) in [5.74, 6) is -5.52. The number of carbonyl (C=O) groups is 2. The van der Waals surface area contributed by atoms with Crippen LogP contribution in [-0.2, 0) is 15.0 Å². The molecule has 1 unspecified atom stereocenters. The molecule has 37 heavy (non-hydrogen) atoms. The number of nitriles is 1. The monoisotopic (exact) mass is 552 g/mol. The van der Waals surface area contributed by atoms with E-state index in [1.807, 2.05) is 20.8 Å². The number of halogens is 4. The Bertz CT molecular complexity index is 1260. The first kappa shape index (κ1) is 28.8. The Balaban J connectivity index is 2.51. The second-order valence-electron chi connectivity index (χ2n) is 10.5. The Labute approximate surface area is 223 Å². The van der Waals surface area contributed by atoms with Crippen LogP contribution in [0, 0.1) is 28.4 Å². The molecule has 5 atom stereocenters. The number of likely N-dealkylation sites (tertiary alicyclic amines) is 1. The molecule has 0 spiro atoms. The molecule has 0 aromatic heterocycles. The number of hydrogen-bond donors (Lipinski definition) is 3. The van der Waals surface area contributed by atoms with E-state index in [4.69, 9.17) is 34.7 Å². The van der Waals surface area contributed by atoms with Gasteiger partial charge in [-0.25, -0.2) is 8.78 Å². The molecule has 2 aromatic rings. The van der Waals surface area contributed by atoms with Crippen molar-refractivity contribution in [3.8, 4) is 6.07 Å². The zero-order valence-corrected chi connectivity index (χ0v) is 22.0. The maximum atomic E-state index is 15.6. The van der Waals surface area contributed by atoms with E-state index < -0.39 is 64.9 Å². The van der Waals surface area contributed by atoms with E-state index in [-0.39, 0.29) is 27.6 Å². The van der Waals surface area contributed by atoms with Crippen molar-refractivity contribution in [2.75, 3.05) is 0 Å². The fourth-order valence-corrected chi connectivity index (χ4v) is 5.82. The van der Waals surface area contributed by atoms with E-state index >= 15 is 8.78 Å². The summed E-state index contributed by atoms with van der Waals surface area (Å²) in [5.41, 5.74) is 8.87. The number of rotatable bonds is 7. The van der Waals surface area contributed by atoms with Crippen molar-refractivity contribution < 1.29 is 23.5 Å². The second-order valence-corrected chi connectivity index (χ2v) is 11.3. The highest BCUT2D eigenvalue weighted by atomic mass is 35.5. The largest absolute Gasteiger partial charge is 0.480 e. The SMILES string of the molecule is CC(C)(C)C[C@@H]1N(C(N)CC(N)=O)[C@@H](C(=O)O)[C@H](c2cccc(Cl)c2F)[C@@]1(C#N)c1ccc(Cl)cc1F. The third-order valence-corrected chi connectivity index (χ3v) is 7.27. The maximum Gasteiger partial charge on any atom is 0.321 e. The minimum absolute atomic E-state index is 0.0577. The summed E-state index contributed by atoms with van der Waals surface area (Å²) < 4.78 is 31.2. The van der Waals surface area contributed by atoms with E-state index in [1.165, 1.54) is 35.2 Å². The third kappa shape index (κ3) is 5.30. The Hall–Kier alpha value is -2.77. The highest BCUT2D eigenvalue weighted by Gasteiger charge is 2.66. The van der Waals surface area contributed by atoms with E-state index in [1.54, 1.807) is 0 Å². The van der Waals surface area contributed by atoms with Crippen molar-refractivity contribution >= 4 is 35.1 Å². The Morgan fingerprint density at radius 3 is 2.41 bits per heavy atom. The standard InChI is InChI=1S/C26H28Cl2F2N4O3/c1-25(2,3)11-18-26(12-31,15-8-7-13(27)9-17(15)29)21(14-5-4-6-16(28)22(14)30)23(24(36)37)34(18)19(32)10-20(33)35/h4-9,18-19,21,23H,10-11,32H2,1-3H3,(H2,33,35)(H,36,37)/t18-,19?,21-,23+,26-/m0/s1. The molecule has 0 radical (unpaired) electrons. The number of benzene rings is 2. The molecule has 1 heterocycles. The first-order valence-corrected chi connectivity index (χ1v) is 12.3. The van der Waals surface area contributed by atoms with Gasteiger partial charge in [-0.3, -0.25) is 14.5 Å². The van der Waals surface area contributed by atoms with Crippen molar-refractivity contribution in [2.45, 2.75) is 63.2 Å². The molecule has 1 fully saturated rings. The predicted octanol–water partition coefficient (Wildman–Crippen LogP) is 4.55. The first-order valence-electron chi connectivity index (χ1n) is 11.5. The summed E-state index contributed by atoms with van der Waals surface area (Å²) in [6, 6.07) is 7.17. The van der Waals surface area contributed by atoms with E-state index in [0.717, 1.165) is 6.07 Å². The van der Waals surface area contributed by atoms with E-state index in [0.29, 0.717) is 0 Å². The van der Waals surface area contributed by atoms with Crippen molar-refractivity contribution in [2.24, 2.45) is 16.9 Å². The van der Waals surface area contributed by atoms with Gasteiger partial charge in [-0.05, 0) is 35.6 Å². The predicted molar refractivity (Wildman–Crippen MR) is 136 cm³/mol. The Morgan fingerprint density at radius 2 is 1.89 bits per heavy atom. The first-order chi connectivity index (χ1) is 17.2. The van der Waals surface area contributed by atoms with Gasteiger partial charge in [0.1, 0.15) is 23.1 Å². The van der Waals surface area contributed by atoms with Crippen molar-refractivity contribution in [1.82, 2.24) is 4.90 Å². The number of carboxylic acids is 1. The van der Waals surface area contributed by atoms with Crippen LogP contribution in [0.5, 0.6) is 0 Å². The van der Waals surface area contributed by atoms with Gasteiger partial charge in [0.2, 0.25) is 5.91 Å². The van der Waals surface area contributed by atoms with E-state index in [2.05, 4.69) is 6.07 Å². The number of nitrogens with zero attached hydrogens (tertiary/aromatic N) is 2. The third-order valence-electron chi connectivity index (χ3n) is 6.74. The van der Waals surface area contributed by atoms with Crippen LogP contribution in [0.2, 0.25) is 10.0 Å². The summed E-state index contributed by atoms with van der Waals surface area (Å²) in [6.07, 6.45) is -1.57. The molecule has 0 aliphatic carbocycles. The van der Waals surface area contributed by atoms with Crippen molar-refractivity contribution in [3.05, 3.63) is 69.2 Å². The van der Waals surface area contributed by atoms with Crippen LogP contribution in [0.4, 0.5) is 8.78 Å². The van der Waals surface area contributed by atoms with Crippen LogP contribution in [0.3, 0.4) is 0 Å². The number of carbonyl (C=O) groups excluding carboxylic acids is 1. The number of hydrogen-bond acceptors (Lipinski definition) is 5. The lowest BCUT2D eigenvalue weighted by Gasteiger charge is -2.41. The van der Waals surface area contributed by atoms with Crippen molar-refractivity contribution in [1.29, 1.82) is 5.26 Å². The van der Waals surface area contributed by atoms with Gasteiger partial charge in [0.25, 0.3) is 0 Å². The molecule has 1 amide bonds. The quantitative estimate of drug-likeness (QED) is 0.461. The molecule has 0 bridgehead atoms. The average molecular weight is 553 g/mol. The maximum absolute atomic E-state index is 15.6. The molecule has 198 valence electrons. The molecule has 1 aliphatic rings. The van der Waals surface area contributed by atoms with Crippen LogP contribution in [-0.4, -0.2) is 40.1 Å². The fraction of sp³-hybridized carbons (Fsp3) is 0.423. The molecule has 11 heteroatoms. The van der Waals surface area contributed by atoms with Gasteiger partial charge in [-0.2, -0.15) is 5.26 Å². The summed E-state index contributed by atoms with van der Waals surface area (Å²) in [6.45, 7) is 5.57. The molecule has 3 rings (SSSR count). The molecular formula is C26H28Cl2F2N4O3. The lowest BCUT2D eigenvalue weighted by molar-refractivity contribution is -0.145. The number of primary amides is 1. The van der Waals surface area contributed by atoms with Gasteiger partial charge in [0.15, 0.2) is 0 Å². The molecule has 5 N–H and O–H groups in total. The topological polar surface area (TPSA) is 133 Å². The smallest absolute Gasteiger partial charge is 0.321 e. The minimum atomic E-state index is -1.98. The summed E-state index contributed by atoms with van der Waals surface area (Å²) >= 11 is 12.1. The van der Waals surface area contributed by atoms with Gasteiger partial charge in [0, 0.05) is 22.5 Å². The lowest BCUT2D eigenvalue weighted by atomic mass is 9.62. The van der Waals surface area contributed by atoms with Crippen LogP contribution < -0.4 is 11.5 Å². The zero-order valence-electron chi connectivity index (χ0n) is 20.5. The van der Waals surface area contributed by atoms with Crippen molar-refractivity contribution in [3.63, 3.8) is 0 Å². The molecule has 7 nitrogen and oxygen atoms in total. The summed E-state index contributed by atoms with van der Waals surface area (Å²) in [5, 5.41) is 21.1. The number of nitrogens with two attached hydrogens (primary N) is 2. The molecule has 2 aromatic carbocycles. The van der Waals surface area contributed by atoms with Gasteiger partial charge < -0.3 is 16.6 Å². The fourth-order valence-electron chi connectivity index (χ4n) is 5.48. The van der Waals surface area contributed by atoms with E-state index in [9.17, 15) is 20.0 Å². The Kier molecular flexibility index (Phi) is 8.20. The molecule has 1 aliphatic heterocycles. The average Bonchev–Trinajstić information content (AvgIpc) is 3.04. The van der Waals surface area contributed by atoms with Crippen LogP contribution in [0.15, 0.2) is 36.4 Å². The highest BCUT2D eigenvalue weighted by Crippen LogP contribution is 2.57. The summed E-state index contributed by atoms with van der Waals surface area (Å²) in [4.78, 5) is 26.0. The van der Waals surface area contributed by atoms with Gasteiger partial charge in [-0.15, -0.1) is 0 Å². The number of carboxylic acid groups (broad SMARTS) is 1. The zero-order chi connectivity index (χ0) is 27.9. The second kappa shape index (κ2) is 10.5. The molecule has 1 saturated heterocycles. The van der Waals surface area contributed by atoms with Crippen LogP contribution in [0.25, 0.3) is 0 Å². The lowest BCUT2D eigenvalue weighted by Crippen LogP contribution is -2.55.